The van der Waals surface area contributed by atoms with Crippen molar-refractivity contribution in [3.05, 3.63) is 0 Å². The van der Waals surface area contributed by atoms with Gasteiger partial charge in [-0.05, 0) is 24.2 Å². The third-order valence-corrected chi connectivity index (χ3v) is 5.29. The molecule has 0 heterocycles. The number of Topliss-reactive ketones (excluding diaryl/α,β-unsaturated/α-hetero) is 1. The summed E-state index contributed by atoms with van der Waals surface area (Å²) in [7, 11) is -4.07. The standard InChI is InChI=1S/C10H16O4S/c1-6-3-8-4-9(11)10(6,7(8)2)5-15(12,13)14/h6-8H,3-5H2,1-2H3,(H,12,13,14). The summed E-state index contributed by atoms with van der Waals surface area (Å²) in [5.74, 6) is 0.103. The monoisotopic (exact) mass is 232 g/mol. The van der Waals surface area contributed by atoms with Crippen LogP contribution in [0.3, 0.4) is 0 Å². The van der Waals surface area contributed by atoms with Crippen LogP contribution in [0.15, 0.2) is 0 Å². The number of hydrogen-bond acceptors (Lipinski definition) is 3. The zero-order chi connectivity index (χ0) is 11.4. The Hall–Kier alpha value is -0.420. The van der Waals surface area contributed by atoms with E-state index in [1.807, 2.05) is 13.8 Å². The average Bonchev–Trinajstić information content (AvgIpc) is 2.38. The highest BCUT2D eigenvalue weighted by Crippen LogP contribution is 2.59. The molecule has 0 aromatic rings. The van der Waals surface area contributed by atoms with Crippen LogP contribution in [0, 0.1) is 23.2 Å². The molecule has 2 aliphatic rings. The Morgan fingerprint density at radius 2 is 2.07 bits per heavy atom. The normalized spacial score (nSPS) is 45.0. The van der Waals surface area contributed by atoms with Gasteiger partial charge < -0.3 is 0 Å². The second kappa shape index (κ2) is 3.04. The maximum Gasteiger partial charge on any atom is 0.265 e. The van der Waals surface area contributed by atoms with E-state index >= 15 is 0 Å². The summed E-state index contributed by atoms with van der Waals surface area (Å²) in [5, 5.41) is 0. The highest BCUT2D eigenvalue weighted by atomic mass is 32.2. The van der Waals surface area contributed by atoms with Crippen molar-refractivity contribution in [2.24, 2.45) is 23.2 Å². The Morgan fingerprint density at radius 3 is 2.47 bits per heavy atom. The van der Waals surface area contributed by atoms with Crippen molar-refractivity contribution in [3.63, 3.8) is 0 Å². The Kier molecular flexibility index (Phi) is 2.25. The molecular formula is C10H16O4S. The van der Waals surface area contributed by atoms with Gasteiger partial charge in [0.15, 0.2) is 0 Å². The van der Waals surface area contributed by atoms with Gasteiger partial charge in [0.25, 0.3) is 10.1 Å². The topological polar surface area (TPSA) is 71.4 Å². The lowest BCUT2D eigenvalue weighted by atomic mass is 9.74. The molecule has 0 spiro atoms. The molecule has 0 aromatic heterocycles. The molecule has 4 unspecified atom stereocenters. The molecule has 86 valence electrons. The Balaban J connectivity index is 2.42. The third-order valence-electron chi connectivity index (χ3n) is 4.44. The van der Waals surface area contributed by atoms with Gasteiger partial charge in [0.05, 0.1) is 11.2 Å². The molecule has 2 saturated carbocycles. The van der Waals surface area contributed by atoms with Gasteiger partial charge in [-0.2, -0.15) is 8.42 Å². The van der Waals surface area contributed by atoms with E-state index in [1.54, 1.807) is 0 Å². The molecule has 0 aromatic carbocycles. The van der Waals surface area contributed by atoms with Crippen molar-refractivity contribution >= 4 is 15.9 Å². The second-order valence-electron chi connectivity index (χ2n) is 5.08. The fourth-order valence-corrected chi connectivity index (χ4v) is 4.92. The summed E-state index contributed by atoms with van der Waals surface area (Å²) in [6.07, 6.45) is 1.39. The highest BCUT2D eigenvalue weighted by Gasteiger charge is 2.62. The number of carbonyl (C=O) groups excluding carboxylic acids is 1. The molecule has 15 heavy (non-hydrogen) atoms. The van der Waals surface area contributed by atoms with Crippen molar-refractivity contribution in [2.45, 2.75) is 26.7 Å². The summed E-state index contributed by atoms with van der Waals surface area (Å²) in [5.41, 5.74) is -0.807. The van der Waals surface area contributed by atoms with Crippen LogP contribution >= 0.6 is 0 Å². The number of carbonyl (C=O) groups is 1. The first kappa shape index (κ1) is 11.1. The van der Waals surface area contributed by atoms with E-state index in [4.69, 9.17) is 4.55 Å². The second-order valence-corrected chi connectivity index (χ2v) is 6.53. The van der Waals surface area contributed by atoms with E-state index in [-0.39, 0.29) is 17.6 Å². The zero-order valence-corrected chi connectivity index (χ0v) is 9.75. The fourth-order valence-electron chi connectivity index (χ4n) is 3.61. The first-order chi connectivity index (χ1) is 6.77. The lowest BCUT2D eigenvalue weighted by Gasteiger charge is -2.32. The van der Waals surface area contributed by atoms with Crippen molar-refractivity contribution in [1.29, 1.82) is 0 Å². The minimum absolute atomic E-state index is 0.0244. The Labute approximate surface area is 89.8 Å². The maximum absolute atomic E-state index is 11.9. The lowest BCUT2D eigenvalue weighted by Crippen LogP contribution is -2.41. The predicted molar refractivity (Wildman–Crippen MR) is 54.9 cm³/mol. The summed E-state index contributed by atoms with van der Waals surface area (Å²) in [6.45, 7) is 3.85. The van der Waals surface area contributed by atoms with Crippen LogP contribution < -0.4 is 0 Å². The number of ketones is 1. The summed E-state index contributed by atoms with van der Waals surface area (Å²) >= 11 is 0. The number of rotatable bonds is 2. The Morgan fingerprint density at radius 1 is 1.47 bits per heavy atom. The predicted octanol–water partition coefficient (Wildman–Crippen LogP) is 1.13. The van der Waals surface area contributed by atoms with E-state index < -0.39 is 21.3 Å². The molecule has 4 nitrogen and oxygen atoms in total. The molecule has 2 bridgehead atoms. The molecule has 4 atom stereocenters. The molecular weight excluding hydrogens is 216 g/mol. The Bertz CT molecular complexity index is 400. The first-order valence-corrected chi connectivity index (χ1v) is 6.87. The van der Waals surface area contributed by atoms with Crippen LogP contribution in [0.2, 0.25) is 0 Å². The molecule has 0 amide bonds. The lowest BCUT2D eigenvalue weighted by molar-refractivity contribution is -0.129. The van der Waals surface area contributed by atoms with Gasteiger partial charge in [-0.1, -0.05) is 13.8 Å². The third kappa shape index (κ3) is 1.44. The molecule has 0 aliphatic heterocycles. The van der Waals surface area contributed by atoms with Crippen LogP contribution in [0.25, 0.3) is 0 Å². The maximum atomic E-state index is 11.9. The summed E-state index contributed by atoms with van der Waals surface area (Å²) in [4.78, 5) is 11.9. The van der Waals surface area contributed by atoms with Crippen molar-refractivity contribution in [2.75, 3.05) is 5.75 Å². The SMILES string of the molecule is CC1CC2CC(=O)C1(CS(=O)(=O)O)C2C. The quantitative estimate of drug-likeness (QED) is 0.724. The van der Waals surface area contributed by atoms with E-state index in [1.165, 1.54) is 0 Å². The van der Waals surface area contributed by atoms with Crippen LogP contribution in [0.4, 0.5) is 0 Å². The van der Waals surface area contributed by atoms with E-state index in [2.05, 4.69) is 0 Å². The molecule has 2 aliphatic carbocycles. The molecule has 1 N–H and O–H groups in total. The molecule has 2 fully saturated rings. The first-order valence-electron chi connectivity index (χ1n) is 5.26. The molecule has 0 radical (unpaired) electrons. The minimum Gasteiger partial charge on any atom is -0.299 e. The van der Waals surface area contributed by atoms with Gasteiger partial charge >= 0.3 is 0 Å². The largest absolute Gasteiger partial charge is 0.299 e. The number of fused-ring (bicyclic) bond motifs is 2. The summed E-state index contributed by atoms with van der Waals surface area (Å²) in [6, 6.07) is 0. The van der Waals surface area contributed by atoms with Crippen molar-refractivity contribution in [3.8, 4) is 0 Å². The minimum atomic E-state index is -4.07. The van der Waals surface area contributed by atoms with E-state index in [9.17, 15) is 13.2 Å². The van der Waals surface area contributed by atoms with Gasteiger partial charge in [-0.25, -0.2) is 0 Å². The molecule has 5 heteroatoms. The average molecular weight is 232 g/mol. The summed E-state index contributed by atoms with van der Waals surface area (Å²) < 4.78 is 31.0. The molecule has 2 rings (SSSR count). The molecule has 0 saturated heterocycles. The van der Waals surface area contributed by atoms with E-state index in [0.717, 1.165) is 6.42 Å². The van der Waals surface area contributed by atoms with Crippen molar-refractivity contribution in [1.82, 2.24) is 0 Å². The van der Waals surface area contributed by atoms with E-state index in [0.29, 0.717) is 12.3 Å². The number of hydrogen-bond donors (Lipinski definition) is 1. The van der Waals surface area contributed by atoms with Crippen LogP contribution in [-0.4, -0.2) is 24.5 Å². The fraction of sp³-hybridized carbons (Fsp3) is 0.900. The van der Waals surface area contributed by atoms with Gasteiger partial charge in [-0.15, -0.1) is 0 Å². The van der Waals surface area contributed by atoms with Crippen LogP contribution in [0.1, 0.15) is 26.7 Å². The van der Waals surface area contributed by atoms with Gasteiger partial charge in [-0.3, -0.25) is 9.35 Å². The van der Waals surface area contributed by atoms with Gasteiger partial charge in [0.2, 0.25) is 0 Å². The highest BCUT2D eigenvalue weighted by molar-refractivity contribution is 7.85. The van der Waals surface area contributed by atoms with Crippen LogP contribution in [0.5, 0.6) is 0 Å². The zero-order valence-electron chi connectivity index (χ0n) is 8.93. The smallest absolute Gasteiger partial charge is 0.265 e. The van der Waals surface area contributed by atoms with Gasteiger partial charge in [0, 0.05) is 6.42 Å². The van der Waals surface area contributed by atoms with Gasteiger partial charge in [0.1, 0.15) is 5.78 Å². The van der Waals surface area contributed by atoms with Crippen LogP contribution in [-0.2, 0) is 14.9 Å². The van der Waals surface area contributed by atoms with Crippen molar-refractivity contribution < 1.29 is 17.8 Å².